The van der Waals surface area contributed by atoms with Gasteiger partial charge in [0, 0.05) is 19.2 Å². The summed E-state index contributed by atoms with van der Waals surface area (Å²) in [4.78, 5) is 16.0. The van der Waals surface area contributed by atoms with E-state index >= 15 is 0 Å². The van der Waals surface area contributed by atoms with E-state index in [2.05, 4.69) is 15.4 Å². The van der Waals surface area contributed by atoms with E-state index in [0.29, 0.717) is 5.69 Å². The Morgan fingerprint density at radius 3 is 2.79 bits per heavy atom. The average Bonchev–Trinajstić information content (AvgIpc) is 2.89. The van der Waals surface area contributed by atoms with Crippen LogP contribution in [0.25, 0.3) is 0 Å². The van der Waals surface area contributed by atoms with E-state index in [1.807, 2.05) is 0 Å². The predicted molar refractivity (Wildman–Crippen MR) is 87.1 cm³/mol. The Morgan fingerprint density at radius 1 is 1.21 bits per heavy atom. The molecule has 3 heterocycles. The molecule has 4 rings (SSSR count). The SMILES string of the molecule is O=C1CCN(S(=O)(=O)c2ccnn2C2CCC2)c2ncccc2N1. The minimum atomic E-state index is -3.85. The van der Waals surface area contributed by atoms with Crippen LogP contribution in [0.2, 0.25) is 0 Å². The van der Waals surface area contributed by atoms with Crippen LogP contribution in [-0.4, -0.2) is 35.6 Å². The largest absolute Gasteiger partial charge is 0.323 e. The second-order valence-corrected chi connectivity index (χ2v) is 7.76. The number of aromatic nitrogens is 3. The van der Waals surface area contributed by atoms with Crippen molar-refractivity contribution in [3.05, 3.63) is 30.6 Å². The summed E-state index contributed by atoms with van der Waals surface area (Å²) in [6.45, 7) is 0.0496. The van der Waals surface area contributed by atoms with Crippen molar-refractivity contribution in [3.63, 3.8) is 0 Å². The van der Waals surface area contributed by atoms with Crippen LogP contribution in [0, 0.1) is 0 Å². The average molecular weight is 347 g/mol. The zero-order chi connectivity index (χ0) is 16.7. The molecule has 2 aromatic heterocycles. The van der Waals surface area contributed by atoms with Crippen molar-refractivity contribution in [1.29, 1.82) is 0 Å². The fourth-order valence-electron chi connectivity index (χ4n) is 2.97. The van der Waals surface area contributed by atoms with E-state index in [4.69, 9.17) is 0 Å². The summed E-state index contributed by atoms with van der Waals surface area (Å²) in [5.41, 5.74) is 0.401. The van der Waals surface area contributed by atoms with Crippen molar-refractivity contribution in [2.45, 2.75) is 36.8 Å². The summed E-state index contributed by atoms with van der Waals surface area (Å²) in [7, 11) is -3.85. The zero-order valence-electron chi connectivity index (χ0n) is 12.9. The number of rotatable bonds is 3. The molecule has 0 bridgehead atoms. The van der Waals surface area contributed by atoms with Gasteiger partial charge in [-0.05, 0) is 37.5 Å². The number of pyridine rings is 1. The molecule has 0 radical (unpaired) electrons. The Bertz CT molecular complexity index is 888. The molecular formula is C15H17N5O3S. The van der Waals surface area contributed by atoms with Crippen molar-refractivity contribution in [1.82, 2.24) is 14.8 Å². The lowest BCUT2D eigenvalue weighted by atomic mass is 9.93. The van der Waals surface area contributed by atoms with Gasteiger partial charge >= 0.3 is 0 Å². The van der Waals surface area contributed by atoms with Gasteiger partial charge in [0.15, 0.2) is 10.8 Å². The van der Waals surface area contributed by atoms with Gasteiger partial charge in [0.05, 0.1) is 17.9 Å². The number of hydrogen-bond acceptors (Lipinski definition) is 5. The van der Waals surface area contributed by atoms with Crippen LogP contribution < -0.4 is 9.62 Å². The van der Waals surface area contributed by atoms with E-state index < -0.39 is 10.0 Å². The normalized spacial score (nSPS) is 18.5. The number of sulfonamides is 1. The van der Waals surface area contributed by atoms with E-state index in [-0.39, 0.29) is 35.8 Å². The molecule has 24 heavy (non-hydrogen) atoms. The maximum atomic E-state index is 13.2. The molecule has 1 amide bonds. The van der Waals surface area contributed by atoms with E-state index in [1.165, 1.54) is 22.8 Å². The first kappa shape index (κ1) is 15.1. The second kappa shape index (κ2) is 5.59. The third-order valence-electron chi connectivity index (χ3n) is 4.45. The molecule has 1 saturated carbocycles. The van der Waals surface area contributed by atoms with Gasteiger partial charge in [-0.25, -0.2) is 14.0 Å². The van der Waals surface area contributed by atoms with Crippen LogP contribution in [0.4, 0.5) is 11.5 Å². The third-order valence-corrected chi connectivity index (χ3v) is 6.24. The van der Waals surface area contributed by atoms with Crippen LogP contribution in [-0.2, 0) is 14.8 Å². The van der Waals surface area contributed by atoms with Crippen molar-refractivity contribution in [3.8, 4) is 0 Å². The van der Waals surface area contributed by atoms with E-state index in [0.717, 1.165) is 19.3 Å². The van der Waals surface area contributed by atoms with E-state index in [9.17, 15) is 13.2 Å². The molecule has 0 spiro atoms. The molecule has 0 saturated heterocycles. The number of fused-ring (bicyclic) bond motifs is 1. The summed E-state index contributed by atoms with van der Waals surface area (Å²) >= 11 is 0. The number of hydrogen-bond donors (Lipinski definition) is 1. The highest BCUT2D eigenvalue weighted by Gasteiger charge is 2.35. The first-order valence-electron chi connectivity index (χ1n) is 7.88. The molecule has 8 nitrogen and oxygen atoms in total. The first-order chi connectivity index (χ1) is 11.6. The number of carbonyl (C=O) groups is 1. The molecule has 1 fully saturated rings. The van der Waals surface area contributed by atoms with Crippen molar-refractivity contribution in [2.75, 3.05) is 16.2 Å². The lowest BCUT2D eigenvalue weighted by Gasteiger charge is -2.29. The minimum Gasteiger partial charge on any atom is -0.323 e. The van der Waals surface area contributed by atoms with Crippen LogP contribution in [0.1, 0.15) is 31.7 Å². The Labute approximate surface area is 139 Å². The van der Waals surface area contributed by atoms with Gasteiger partial charge in [-0.2, -0.15) is 13.5 Å². The molecule has 1 aliphatic heterocycles. The summed E-state index contributed by atoms with van der Waals surface area (Å²) in [6.07, 6.45) is 6.04. The summed E-state index contributed by atoms with van der Waals surface area (Å²) in [5.74, 6) is 0.0131. The molecule has 1 N–H and O–H groups in total. The Balaban J connectivity index is 1.80. The number of amides is 1. The predicted octanol–water partition coefficient (Wildman–Crippen LogP) is 1.54. The van der Waals surface area contributed by atoms with Gasteiger partial charge in [0.25, 0.3) is 10.0 Å². The fourth-order valence-corrected chi connectivity index (χ4v) is 4.57. The lowest BCUT2D eigenvalue weighted by molar-refractivity contribution is -0.115. The highest BCUT2D eigenvalue weighted by molar-refractivity contribution is 7.92. The molecular weight excluding hydrogens is 330 g/mol. The van der Waals surface area contributed by atoms with Crippen LogP contribution in [0.15, 0.2) is 35.6 Å². The molecule has 126 valence electrons. The third kappa shape index (κ3) is 2.35. The van der Waals surface area contributed by atoms with Crippen molar-refractivity contribution in [2.24, 2.45) is 0 Å². The smallest absolute Gasteiger partial charge is 0.282 e. The van der Waals surface area contributed by atoms with E-state index in [1.54, 1.807) is 16.8 Å². The van der Waals surface area contributed by atoms with Crippen LogP contribution in [0.5, 0.6) is 0 Å². The maximum absolute atomic E-state index is 13.2. The first-order valence-corrected chi connectivity index (χ1v) is 9.32. The molecule has 1 aliphatic carbocycles. The molecule has 0 aromatic carbocycles. The second-order valence-electron chi connectivity index (χ2n) is 5.95. The van der Waals surface area contributed by atoms with Crippen LogP contribution >= 0.6 is 0 Å². The van der Waals surface area contributed by atoms with Gasteiger partial charge in [-0.3, -0.25) is 4.79 Å². The fraction of sp³-hybridized carbons (Fsp3) is 0.400. The van der Waals surface area contributed by atoms with Gasteiger partial charge in [0.1, 0.15) is 0 Å². The summed E-state index contributed by atoms with van der Waals surface area (Å²) in [6, 6.07) is 4.95. The van der Waals surface area contributed by atoms with Gasteiger partial charge < -0.3 is 5.32 Å². The standard InChI is InChI=1S/C15H17N5O3S/c21-13-7-10-19(15-12(18-13)5-2-8-16-15)24(22,23)14-6-9-17-20(14)11-3-1-4-11/h2,5-6,8-9,11H,1,3-4,7,10H2,(H,18,21). The minimum absolute atomic E-state index is 0.0496. The monoisotopic (exact) mass is 347 g/mol. The van der Waals surface area contributed by atoms with Gasteiger partial charge in [-0.1, -0.05) is 0 Å². The summed E-state index contributed by atoms with van der Waals surface area (Å²) in [5, 5.41) is 7.05. The topological polar surface area (TPSA) is 97.2 Å². The van der Waals surface area contributed by atoms with Crippen molar-refractivity contribution >= 4 is 27.4 Å². The molecule has 2 aliphatic rings. The zero-order valence-corrected chi connectivity index (χ0v) is 13.7. The molecule has 2 aromatic rings. The Morgan fingerprint density at radius 2 is 2.04 bits per heavy atom. The van der Waals surface area contributed by atoms with Gasteiger partial charge in [0.2, 0.25) is 5.91 Å². The number of nitrogens with zero attached hydrogens (tertiary/aromatic N) is 4. The molecule has 9 heteroatoms. The van der Waals surface area contributed by atoms with Crippen LogP contribution in [0.3, 0.4) is 0 Å². The lowest BCUT2D eigenvalue weighted by Crippen LogP contribution is -2.35. The highest BCUT2D eigenvalue weighted by atomic mass is 32.2. The number of anilines is 2. The quantitative estimate of drug-likeness (QED) is 0.908. The molecule has 0 unspecified atom stereocenters. The Kier molecular flexibility index (Phi) is 3.52. The van der Waals surface area contributed by atoms with Crippen molar-refractivity contribution < 1.29 is 13.2 Å². The highest BCUT2D eigenvalue weighted by Crippen LogP contribution is 2.35. The number of carbonyl (C=O) groups excluding carboxylic acids is 1. The molecule has 0 atom stereocenters. The van der Waals surface area contributed by atoms with Gasteiger partial charge in [-0.15, -0.1) is 0 Å². The number of nitrogens with one attached hydrogen (secondary N) is 1. The summed E-state index contributed by atoms with van der Waals surface area (Å²) < 4.78 is 29.2. The Hall–Kier alpha value is -2.42. The maximum Gasteiger partial charge on any atom is 0.282 e.